The van der Waals surface area contributed by atoms with Gasteiger partial charge in [0.25, 0.3) is 0 Å². The highest BCUT2D eigenvalue weighted by atomic mass is 32.2. The van der Waals surface area contributed by atoms with Crippen LogP contribution in [0.3, 0.4) is 0 Å². The maximum atomic E-state index is 12.7. The number of fused-ring (bicyclic) bond motifs is 1. The van der Waals surface area contributed by atoms with Crippen molar-refractivity contribution in [3.63, 3.8) is 0 Å². The molecule has 0 aliphatic rings. The Morgan fingerprint density at radius 3 is 2.75 bits per heavy atom. The maximum Gasteiger partial charge on any atom is 0.322 e. The first kappa shape index (κ1) is 16.6. The number of benzene rings is 1. The molecule has 1 aromatic carbocycles. The van der Waals surface area contributed by atoms with Gasteiger partial charge in [-0.25, -0.2) is 0 Å². The van der Waals surface area contributed by atoms with E-state index in [2.05, 4.69) is 15.0 Å². The molecule has 0 aliphatic carbocycles. The number of imidazole rings is 1. The van der Waals surface area contributed by atoms with Gasteiger partial charge in [0.1, 0.15) is 11.5 Å². The third kappa shape index (κ3) is 3.18. The summed E-state index contributed by atoms with van der Waals surface area (Å²) in [4.78, 5) is 11.9. The van der Waals surface area contributed by atoms with Crippen LogP contribution >= 0.6 is 0 Å². The lowest BCUT2D eigenvalue weighted by Gasteiger charge is -2.12. The van der Waals surface area contributed by atoms with Gasteiger partial charge in [-0.1, -0.05) is 6.92 Å². The first-order valence-corrected chi connectivity index (χ1v) is 8.91. The lowest BCUT2D eigenvalue weighted by molar-refractivity contribution is 0.408. The van der Waals surface area contributed by atoms with Gasteiger partial charge in [-0.15, -0.1) is 0 Å². The molecule has 3 aromatic rings. The smallest absolute Gasteiger partial charge is 0.322 e. The van der Waals surface area contributed by atoms with E-state index < -0.39 is 11.2 Å². The van der Waals surface area contributed by atoms with Crippen LogP contribution in [-0.2, 0) is 23.3 Å². The fourth-order valence-corrected chi connectivity index (χ4v) is 3.66. The van der Waals surface area contributed by atoms with Gasteiger partial charge in [-0.05, 0) is 24.6 Å². The molecule has 0 bridgehead atoms. The van der Waals surface area contributed by atoms with E-state index in [1.165, 1.54) is 0 Å². The molecule has 0 spiro atoms. The average Bonchev–Trinajstić information content (AvgIpc) is 3.04. The van der Waals surface area contributed by atoms with Crippen molar-refractivity contribution in [2.24, 2.45) is 0 Å². The maximum absolute atomic E-state index is 12.7. The number of methoxy groups -OCH3 is 2. The van der Waals surface area contributed by atoms with E-state index in [9.17, 15) is 4.55 Å². The monoisotopic (exact) mass is 345 g/mol. The molecule has 0 radical (unpaired) electrons. The average molecular weight is 345 g/mol. The van der Waals surface area contributed by atoms with E-state index in [0.717, 1.165) is 34.5 Å². The molecule has 1 N–H and O–H groups in total. The lowest BCUT2D eigenvalue weighted by Crippen LogP contribution is -2.11. The van der Waals surface area contributed by atoms with Crippen molar-refractivity contribution in [3.8, 4) is 11.5 Å². The minimum atomic E-state index is -1.32. The van der Waals surface area contributed by atoms with Crippen molar-refractivity contribution in [1.82, 2.24) is 15.0 Å². The summed E-state index contributed by atoms with van der Waals surface area (Å²) in [5.74, 6) is 1.78. The van der Waals surface area contributed by atoms with Crippen LogP contribution in [0, 0.1) is 0 Å². The molecule has 0 fully saturated rings. The highest BCUT2D eigenvalue weighted by Gasteiger charge is 2.21. The van der Waals surface area contributed by atoms with Gasteiger partial charge in [0.2, 0.25) is 0 Å². The van der Waals surface area contributed by atoms with E-state index >= 15 is 0 Å². The van der Waals surface area contributed by atoms with Crippen LogP contribution in [0.1, 0.15) is 18.2 Å². The number of hydrogen-bond donors (Lipinski definition) is 1. The fraction of sp³-hybridized carbons (Fsp3) is 0.294. The van der Waals surface area contributed by atoms with Gasteiger partial charge in [-0.3, -0.25) is 9.97 Å². The van der Waals surface area contributed by atoms with Crippen molar-refractivity contribution in [2.75, 3.05) is 14.2 Å². The molecule has 1 atom stereocenters. The first-order chi connectivity index (χ1) is 11.7. The number of H-pyrrole nitrogens is 1. The Morgan fingerprint density at radius 1 is 1.21 bits per heavy atom. The van der Waals surface area contributed by atoms with Gasteiger partial charge in [0.05, 0.1) is 30.9 Å². The minimum Gasteiger partial charge on any atom is -0.609 e. The van der Waals surface area contributed by atoms with Crippen LogP contribution in [0.25, 0.3) is 11.0 Å². The predicted octanol–water partition coefficient (Wildman–Crippen LogP) is 2.85. The zero-order valence-electron chi connectivity index (χ0n) is 13.8. The van der Waals surface area contributed by atoms with E-state index in [4.69, 9.17) is 9.47 Å². The number of ether oxygens (including phenoxy) is 2. The van der Waals surface area contributed by atoms with Crippen molar-refractivity contribution in [1.29, 1.82) is 0 Å². The molecule has 0 saturated heterocycles. The topological polar surface area (TPSA) is 83.1 Å². The zero-order chi connectivity index (χ0) is 17.1. The van der Waals surface area contributed by atoms with Gasteiger partial charge in [-0.2, -0.15) is 4.98 Å². The van der Waals surface area contributed by atoms with Gasteiger partial charge >= 0.3 is 5.16 Å². The summed E-state index contributed by atoms with van der Waals surface area (Å²) in [6, 6.07) is 7.33. The third-order valence-corrected chi connectivity index (χ3v) is 4.99. The van der Waals surface area contributed by atoms with Gasteiger partial charge in [0.15, 0.2) is 5.75 Å². The van der Waals surface area contributed by atoms with Gasteiger partial charge < -0.3 is 14.0 Å². The summed E-state index contributed by atoms with van der Waals surface area (Å²) in [5, 5.41) is 0.435. The third-order valence-electron chi connectivity index (χ3n) is 3.83. The molecular weight excluding hydrogens is 326 g/mol. The minimum absolute atomic E-state index is 0.289. The highest BCUT2D eigenvalue weighted by Crippen LogP contribution is 2.25. The van der Waals surface area contributed by atoms with E-state index in [1.807, 2.05) is 31.2 Å². The molecule has 0 amide bonds. The van der Waals surface area contributed by atoms with E-state index in [1.54, 1.807) is 20.4 Å². The number of aromatic amines is 1. The summed E-state index contributed by atoms with van der Waals surface area (Å²) in [7, 11) is 3.23. The molecule has 6 nitrogen and oxygen atoms in total. The van der Waals surface area contributed by atoms with Crippen LogP contribution in [0.2, 0.25) is 0 Å². The van der Waals surface area contributed by atoms with Crippen LogP contribution in [0.5, 0.6) is 11.5 Å². The molecule has 2 heterocycles. The number of nitrogens with zero attached hydrogens (tertiary/aromatic N) is 2. The second-order valence-electron chi connectivity index (χ2n) is 5.21. The quantitative estimate of drug-likeness (QED) is 0.695. The Bertz CT molecular complexity index is 850. The van der Waals surface area contributed by atoms with Crippen molar-refractivity contribution >= 4 is 22.2 Å². The molecule has 7 heteroatoms. The lowest BCUT2D eigenvalue weighted by atomic mass is 10.1. The Balaban J connectivity index is 1.88. The Labute approximate surface area is 143 Å². The number of pyridine rings is 1. The molecular formula is C17H19N3O3S. The largest absolute Gasteiger partial charge is 0.609 e. The molecule has 3 rings (SSSR count). The van der Waals surface area contributed by atoms with Crippen LogP contribution in [0.15, 0.2) is 35.6 Å². The summed E-state index contributed by atoms with van der Waals surface area (Å²) < 4.78 is 23.3. The second-order valence-corrected chi connectivity index (χ2v) is 6.57. The number of nitrogens with one attached hydrogen (secondary N) is 1. The van der Waals surface area contributed by atoms with Crippen LogP contribution < -0.4 is 9.47 Å². The summed E-state index contributed by atoms with van der Waals surface area (Å²) >= 11 is -1.32. The SMILES string of the molecule is CCc1c(OC)ccnc1C[S+]([O-])c1nc2cc(OC)ccc2[nH]1. The fourth-order valence-electron chi connectivity index (χ4n) is 2.60. The van der Waals surface area contributed by atoms with Crippen molar-refractivity contribution < 1.29 is 14.0 Å². The number of rotatable bonds is 6. The summed E-state index contributed by atoms with van der Waals surface area (Å²) in [6.07, 6.45) is 2.44. The molecule has 2 aromatic heterocycles. The number of hydrogen-bond acceptors (Lipinski definition) is 5. The normalized spacial score (nSPS) is 12.3. The zero-order valence-corrected chi connectivity index (χ0v) is 14.6. The highest BCUT2D eigenvalue weighted by molar-refractivity contribution is 7.90. The predicted molar refractivity (Wildman–Crippen MR) is 92.9 cm³/mol. The Hall–Kier alpha value is -2.25. The van der Waals surface area contributed by atoms with Crippen molar-refractivity contribution in [3.05, 3.63) is 41.7 Å². The summed E-state index contributed by atoms with van der Waals surface area (Å²) in [6.45, 7) is 2.03. The van der Waals surface area contributed by atoms with Gasteiger partial charge in [0, 0.05) is 29.0 Å². The number of aromatic nitrogens is 3. The molecule has 1 unspecified atom stereocenters. The molecule has 126 valence electrons. The molecule has 0 saturated carbocycles. The Kier molecular flexibility index (Phi) is 4.92. The standard InChI is InChI=1S/C17H19N3O3S/c1-4-12-15(18-8-7-16(12)23-3)10-24(21)17-19-13-6-5-11(22-2)9-14(13)20-17/h5-9H,4,10H2,1-3H3,(H,19,20). The van der Waals surface area contributed by atoms with Crippen LogP contribution in [-0.4, -0.2) is 33.7 Å². The van der Waals surface area contributed by atoms with Crippen LogP contribution in [0.4, 0.5) is 0 Å². The van der Waals surface area contributed by atoms with E-state index in [-0.39, 0.29) is 5.75 Å². The second kappa shape index (κ2) is 7.11. The first-order valence-electron chi connectivity index (χ1n) is 7.59. The molecule has 24 heavy (non-hydrogen) atoms. The summed E-state index contributed by atoms with van der Waals surface area (Å²) in [5.41, 5.74) is 3.31. The molecule has 0 aliphatic heterocycles. The van der Waals surface area contributed by atoms with E-state index in [0.29, 0.717) is 10.9 Å². The van der Waals surface area contributed by atoms with Crippen molar-refractivity contribution in [2.45, 2.75) is 24.3 Å². The Morgan fingerprint density at radius 2 is 2.04 bits per heavy atom.